The summed E-state index contributed by atoms with van der Waals surface area (Å²) in [5.41, 5.74) is 5.77. The van der Waals surface area contributed by atoms with E-state index in [4.69, 9.17) is 0 Å². The van der Waals surface area contributed by atoms with Crippen molar-refractivity contribution in [2.45, 2.75) is 31.6 Å². The minimum Gasteiger partial charge on any atom is -0.271 e. The second-order valence-corrected chi connectivity index (χ2v) is 9.39. The molecule has 0 saturated heterocycles. The molecule has 0 spiro atoms. The van der Waals surface area contributed by atoms with Crippen LogP contribution in [0.15, 0.2) is 94.9 Å². The van der Waals surface area contributed by atoms with Crippen LogP contribution >= 0.6 is 0 Å². The first kappa shape index (κ1) is 23.2. The minimum absolute atomic E-state index is 0.122. The highest BCUT2D eigenvalue weighted by Gasteiger charge is 2.27. The molecule has 0 heterocycles. The molecule has 1 N–H and O–H groups in total. The predicted molar refractivity (Wildman–Crippen MR) is 128 cm³/mol. The molecule has 3 rings (SSSR count). The number of carbonyl (C=O) groups excluding carboxylic acids is 1. The number of nitrogens with one attached hydrogen (secondary N) is 1. The fraction of sp³-hybridized carbons (Fsp3) is 0.200. The van der Waals surface area contributed by atoms with Gasteiger partial charge in [-0.05, 0) is 62.1 Å². The van der Waals surface area contributed by atoms with Crippen LogP contribution in [0.4, 0.5) is 5.69 Å². The van der Waals surface area contributed by atoms with Gasteiger partial charge in [-0.15, -0.1) is 0 Å². The molecule has 32 heavy (non-hydrogen) atoms. The lowest BCUT2D eigenvalue weighted by molar-refractivity contribution is -0.119. The van der Waals surface area contributed by atoms with Crippen molar-refractivity contribution in [1.29, 1.82) is 0 Å². The number of amides is 1. The van der Waals surface area contributed by atoms with Gasteiger partial charge in [0.2, 0.25) is 0 Å². The highest BCUT2D eigenvalue weighted by Crippen LogP contribution is 2.24. The quantitative estimate of drug-likeness (QED) is 0.390. The van der Waals surface area contributed by atoms with Gasteiger partial charge in [-0.2, -0.15) is 5.10 Å². The van der Waals surface area contributed by atoms with Crippen LogP contribution in [0.5, 0.6) is 0 Å². The minimum atomic E-state index is -3.93. The summed E-state index contributed by atoms with van der Waals surface area (Å²) in [5, 5.41) is 4.15. The standard InChI is InChI=1S/C25H27N3O3S/c1-20-10-9-13-23(18-20)28(32(30,31)24-14-7-4-8-15-24)19-25(29)27-26-21(2)16-17-22-11-5-3-6-12-22/h3-15,18H,16-17,19H2,1-2H3,(H,27,29)/b26-21-. The Kier molecular flexibility index (Phi) is 7.78. The summed E-state index contributed by atoms with van der Waals surface area (Å²) >= 11 is 0. The third-order valence-electron chi connectivity index (χ3n) is 4.90. The van der Waals surface area contributed by atoms with Gasteiger partial charge >= 0.3 is 0 Å². The highest BCUT2D eigenvalue weighted by molar-refractivity contribution is 7.92. The molecule has 3 aromatic rings. The molecule has 0 bridgehead atoms. The number of sulfonamides is 1. The Bertz CT molecular complexity index is 1180. The van der Waals surface area contributed by atoms with E-state index in [0.717, 1.165) is 22.0 Å². The number of nitrogens with zero attached hydrogens (tertiary/aromatic N) is 2. The van der Waals surface area contributed by atoms with Crippen LogP contribution in [0.3, 0.4) is 0 Å². The van der Waals surface area contributed by atoms with Crippen molar-refractivity contribution in [3.05, 3.63) is 96.1 Å². The Hall–Kier alpha value is -3.45. The van der Waals surface area contributed by atoms with E-state index in [0.29, 0.717) is 12.1 Å². The van der Waals surface area contributed by atoms with Crippen LogP contribution in [-0.2, 0) is 21.2 Å². The Morgan fingerprint density at radius 1 is 0.938 bits per heavy atom. The van der Waals surface area contributed by atoms with E-state index in [9.17, 15) is 13.2 Å². The van der Waals surface area contributed by atoms with Gasteiger partial charge in [0.25, 0.3) is 15.9 Å². The maximum absolute atomic E-state index is 13.3. The SMILES string of the molecule is C/C(CCc1ccccc1)=N/NC(=O)CN(c1cccc(C)c1)S(=O)(=O)c1ccccc1. The van der Waals surface area contributed by atoms with Gasteiger partial charge < -0.3 is 0 Å². The van der Waals surface area contributed by atoms with Crippen LogP contribution < -0.4 is 9.73 Å². The number of benzene rings is 3. The number of hydrogen-bond donors (Lipinski definition) is 1. The fourth-order valence-corrected chi connectivity index (χ4v) is 4.60. The molecule has 0 aliphatic rings. The van der Waals surface area contributed by atoms with E-state index in [1.165, 1.54) is 17.7 Å². The predicted octanol–water partition coefficient (Wildman–Crippen LogP) is 4.32. The van der Waals surface area contributed by atoms with Crippen molar-refractivity contribution in [2.75, 3.05) is 10.8 Å². The van der Waals surface area contributed by atoms with Gasteiger partial charge in [0.1, 0.15) is 6.54 Å². The lowest BCUT2D eigenvalue weighted by atomic mass is 10.1. The Morgan fingerprint density at radius 3 is 2.25 bits per heavy atom. The normalized spacial score (nSPS) is 11.8. The third kappa shape index (κ3) is 6.28. The summed E-state index contributed by atoms with van der Waals surface area (Å²) in [7, 11) is -3.93. The first-order chi connectivity index (χ1) is 15.4. The first-order valence-corrected chi connectivity index (χ1v) is 11.8. The topological polar surface area (TPSA) is 78.8 Å². The van der Waals surface area contributed by atoms with Gasteiger partial charge in [0.05, 0.1) is 10.6 Å². The average molecular weight is 450 g/mol. The van der Waals surface area contributed by atoms with E-state index in [-0.39, 0.29) is 11.4 Å². The molecule has 0 aliphatic heterocycles. The van der Waals surface area contributed by atoms with Gasteiger partial charge in [-0.25, -0.2) is 13.8 Å². The Balaban J connectivity index is 1.74. The van der Waals surface area contributed by atoms with Crippen molar-refractivity contribution >= 4 is 27.3 Å². The summed E-state index contributed by atoms with van der Waals surface area (Å²) in [4.78, 5) is 12.8. The molecule has 166 valence electrons. The maximum Gasteiger partial charge on any atom is 0.264 e. The number of carbonyl (C=O) groups is 1. The molecular formula is C25H27N3O3S. The number of hydrazone groups is 1. The number of rotatable bonds is 9. The zero-order chi connectivity index (χ0) is 23.0. The van der Waals surface area contributed by atoms with Crippen LogP contribution in [-0.4, -0.2) is 26.6 Å². The van der Waals surface area contributed by atoms with E-state index in [1.54, 1.807) is 36.4 Å². The molecule has 0 radical (unpaired) electrons. The average Bonchev–Trinajstić information content (AvgIpc) is 2.81. The lowest BCUT2D eigenvalue weighted by Gasteiger charge is -2.24. The number of hydrogen-bond acceptors (Lipinski definition) is 4. The van der Waals surface area contributed by atoms with E-state index >= 15 is 0 Å². The second-order valence-electron chi connectivity index (χ2n) is 7.53. The molecule has 0 fully saturated rings. The molecule has 3 aromatic carbocycles. The summed E-state index contributed by atoms with van der Waals surface area (Å²) in [6.07, 6.45) is 1.50. The van der Waals surface area contributed by atoms with Crippen molar-refractivity contribution < 1.29 is 13.2 Å². The van der Waals surface area contributed by atoms with E-state index in [2.05, 4.69) is 10.5 Å². The molecule has 0 saturated carbocycles. The molecule has 0 atom stereocenters. The third-order valence-corrected chi connectivity index (χ3v) is 6.69. The fourth-order valence-electron chi connectivity index (χ4n) is 3.17. The lowest BCUT2D eigenvalue weighted by Crippen LogP contribution is -2.39. The smallest absolute Gasteiger partial charge is 0.264 e. The van der Waals surface area contributed by atoms with Crippen LogP contribution in [0, 0.1) is 6.92 Å². The molecule has 7 heteroatoms. The van der Waals surface area contributed by atoms with Crippen LogP contribution in [0.25, 0.3) is 0 Å². The summed E-state index contributed by atoms with van der Waals surface area (Å²) < 4.78 is 27.7. The molecule has 6 nitrogen and oxygen atoms in total. The van der Waals surface area contributed by atoms with Gasteiger partial charge in [-0.3, -0.25) is 9.10 Å². The van der Waals surface area contributed by atoms with E-state index < -0.39 is 15.9 Å². The van der Waals surface area contributed by atoms with Crippen LogP contribution in [0.1, 0.15) is 24.5 Å². The molecule has 0 aromatic heterocycles. The monoisotopic (exact) mass is 449 g/mol. The van der Waals surface area contributed by atoms with Gasteiger partial charge in [-0.1, -0.05) is 60.7 Å². The van der Waals surface area contributed by atoms with Crippen molar-refractivity contribution in [3.8, 4) is 0 Å². The van der Waals surface area contributed by atoms with Crippen molar-refractivity contribution in [2.24, 2.45) is 5.10 Å². The largest absolute Gasteiger partial charge is 0.271 e. The summed E-state index contributed by atoms with van der Waals surface area (Å²) in [6.45, 7) is 3.33. The van der Waals surface area contributed by atoms with Gasteiger partial charge in [0, 0.05) is 5.71 Å². The highest BCUT2D eigenvalue weighted by atomic mass is 32.2. The Morgan fingerprint density at radius 2 is 1.59 bits per heavy atom. The zero-order valence-corrected chi connectivity index (χ0v) is 19.0. The Labute approximate surface area is 189 Å². The summed E-state index contributed by atoms with van der Waals surface area (Å²) in [5.74, 6) is -0.509. The van der Waals surface area contributed by atoms with Crippen molar-refractivity contribution in [1.82, 2.24) is 5.43 Å². The molecule has 0 aliphatic carbocycles. The zero-order valence-electron chi connectivity index (χ0n) is 18.2. The number of anilines is 1. The molecule has 1 amide bonds. The number of aryl methyl sites for hydroxylation is 2. The first-order valence-electron chi connectivity index (χ1n) is 10.4. The van der Waals surface area contributed by atoms with E-state index in [1.807, 2.05) is 50.2 Å². The van der Waals surface area contributed by atoms with Crippen molar-refractivity contribution in [3.63, 3.8) is 0 Å². The summed E-state index contributed by atoms with van der Waals surface area (Å²) in [6, 6.07) is 25.2. The second kappa shape index (κ2) is 10.7. The maximum atomic E-state index is 13.3. The van der Waals surface area contributed by atoms with Gasteiger partial charge in [0.15, 0.2) is 0 Å². The molecule has 0 unspecified atom stereocenters. The van der Waals surface area contributed by atoms with Crippen LogP contribution in [0.2, 0.25) is 0 Å². The molecular weight excluding hydrogens is 422 g/mol.